The number of fused-ring (bicyclic) bond motifs is 1. The van der Waals surface area contributed by atoms with Crippen molar-refractivity contribution >= 4 is 22.6 Å². The van der Waals surface area contributed by atoms with Crippen LogP contribution in [0.2, 0.25) is 0 Å². The number of piperazine rings is 1. The van der Waals surface area contributed by atoms with E-state index in [9.17, 15) is 14.0 Å². The van der Waals surface area contributed by atoms with Gasteiger partial charge in [0, 0.05) is 37.6 Å². The van der Waals surface area contributed by atoms with Gasteiger partial charge in [0.15, 0.2) is 0 Å². The van der Waals surface area contributed by atoms with Crippen LogP contribution in [0.15, 0.2) is 65.5 Å². The summed E-state index contributed by atoms with van der Waals surface area (Å²) in [6.45, 7) is 5.72. The summed E-state index contributed by atoms with van der Waals surface area (Å²) in [5.41, 5.74) is 3.39. The van der Waals surface area contributed by atoms with Crippen molar-refractivity contribution in [2.75, 3.05) is 31.1 Å². The largest absolute Gasteiger partial charge is 0.366 e. The summed E-state index contributed by atoms with van der Waals surface area (Å²) in [6.07, 6.45) is 0. The summed E-state index contributed by atoms with van der Waals surface area (Å²) in [7, 11) is 0. The highest BCUT2D eigenvalue weighted by Gasteiger charge is 2.25. The third-order valence-electron chi connectivity index (χ3n) is 6.41. The van der Waals surface area contributed by atoms with E-state index in [2.05, 4.69) is 5.10 Å². The Morgan fingerprint density at radius 2 is 1.65 bits per heavy atom. The number of aryl methyl sites for hydroxylation is 2. The van der Waals surface area contributed by atoms with E-state index in [0.29, 0.717) is 37.5 Å². The van der Waals surface area contributed by atoms with Gasteiger partial charge in [-0.15, -0.1) is 0 Å². The first kappa shape index (κ1) is 21.9. The van der Waals surface area contributed by atoms with Gasteiger partial charge in [-0.25, -0.2) is 9.07 Å². The van der Waals surface area contributed by atoms with E-state index in [-0.39, 0.29) is 23.8 Å². The molecule has 1 aliphatic rings. The predicted molar refractivity (Wildman–Crippen MR) is 130 cm³/mol. The first-order valence-electron chi connectivity index (χ1n) is 11.4. The molecule has 4 aromatic rings. The number of para-hydroxylation sites is 2. The van der Waals surface area contributed by atoms with E-state index in [4.69, 9.17) is 0 Å². The Kier molecular flexibility index (Phi) is 5.65. The zero-order valence-corrected chi connectivity index (χ0v) is 19.2. The normalized spacial score (nSPS) is 14.1. The zero-order valence-electron chi connectivity index (χ0n) is 19.2. The number of pyridine rings is 1. The van der Waals surface area contributed by atoms with E-state index in [1.807, 2.05) is 55.1 Å². The average Bonchev–Trinajstić information content (AvgIpc) is 3.20. The van der Waals surface area contributed by atoms with E-state index in [1.165, 1.54) is 10.6 Å². The van der Waals surface area contributed by atoms with Crippen LogP contribution in [0.25, 0.3) is 16.7 Å². The molecule has 0 radical (unpaired) electrons. The summed E-state index contributed by atoms with van der Waals surface area (Å²) < 4.78 is 17.4. The van der Waals surface area contributed by atoms with Crippen LogP contribution in [-0.4, -0.2) is 51.3 Å². The molecule has 1 aliphatic heterocycles. The van der Waals surface area contributed by atoms with E-state index >= 15 is 0 Å². The summed E-state index contributed by atoms with van der Waals surface area (Å²) in [6, 6.07) is 17.8. The number of carbonyl (C=O) groups excluding carboxylic acids is 1. The molecule has 5 rings (SSSR count). The molecule has 34 heavy (non-hydrogen) atoms. The molecule has 1 fully saturated rings. The van der Waals surface area contributed by atoms with Crippen molar-refractivity contribution in [1.29, 1.82) is 0 Å². The average molecular weight is 460 g/mol. The molecule has 0 N–H and O–H groups in total. The summed E-state index contributed by atoms with van der Waals surface area (Å²) in [4.78, 5) is 30.0. The number of halogens is 1. The first-order chi connectivity index (χ1) is 16.4. The lowest BCUT2D eigenvalue weighted by atomic mass is 10.1. The fourth-order valence-electron chi connectivity index (χ4n) is 4.71. The lowest BCUT2D eigenvalue weighted by molar-refractivity contribution is -0.132. The number of amides is 1. The van der Waals surface area contributed by atoms with Crippen LogP contribution in [0.1, 0.15) is 11.3 Å². The number of hydrogen-bond acceptors (Lipinski definition) is 4. The maximum absolute atomic E-state index is 14.2. The molecule has 7 nitrogen and oxygen atoms in total. The van der Waals surface area contributed by atoms with Gasteiger partial charge in [-0.05, 0) is 43.7 Å². The number of aromatic nitrogens is 3. The molecule has 3 heterocycles. The van der Waals surface area contributed by atoms with Crippen molar-refractivity contribution in [1.82, 2.24) is 19.2 Å². The Morgan fingerprint density at radius 1 is 0.971 bits per heavy atom. The Hall–Kier alpha value is -3.94. The van der Waals surface area contributed by atoms with Crippen LogP contribution in [0.3, 0.4) is 0 Å². The maximum Gasteiger partial charge on any atom is 0.252 e. The smallest absolute Gasteiger partial charge is 0.252 e. The highest BCUT2D eigenvalue weighted by molar-refractivity contribution is 5.85. The van der Waals surface area contributed by atoms with Gasteiger partial charge in [0.1, 0.15) is 18.0 Å². The Labute approximate surface area is 196 Å². The van der Waals surface area contributed by atoms with Crippen LogP contribution in [-0.2, 0) is 11.3 Å². The molecule has 0 saturated carbocycles. The SMILES string of the molecule is Cc1cc(=O)n(CC(=O)N2CCN(c3ccccc3F)CC2)c2c1c(C)nn2-c1ccccc1. The van der Waals surface area contributed by atoms with Crippen molar-refractivity contribution < 1.29 is 9.18 Å². The van der Waals surface area contributed by atoms with Crippen LogP contribution < -0.4 is 10.5 Å². The minimum Gasteiger partial charge on any atom is -0.366 e. The Morgan fingerprint density at radius 3 is 2.35 bits per heavy atom. The Bertz CT molecular complexity index is 1420. The molecule has 0 aliphatic carbocycles. The molecular formula is C26H26FN5O2. The Balaban J connectivity index is 1.44. The van der Waals surface area contributed by atoms with Crippen molar-refractivity contribution in [2.24, 2.45) is 0 Å². The van der Waals surface area contributed by atoms with Crippen molar-refractivity contribution in [3.8, 4) is 5.69 Å². The summed E-state index contributed by atoms with van der Waals surface area (Å²) in [5, 5.41) is 5.56. The quantitative estimate of drug-likeness (QED) is 0.470. The third-order valence-corrected chi connectivity index (χ3v) is 6.41. The topological polar surface area (TPSA) is 63.4 Å². The molecule has 1 saturated heterocycles. The van der Waals surface area contributed by atoms with E-state index in [0.717, 1.165) is 22.3 Å². The van der Waals surface area contributed by atoms with Gasteiger partial charge in [0.2, 0.25) is 5.91 Å². The second-order valence-corrected chi connectivity index (χ2v) is 8.60. The number of anilines is 1. The number of benzene rings is 2. The predicted octanol–water partition coefficient (Wildman–Crippen LogP) is 3.29. The molecule has 0 spiro atoms. The van der Waals surface area contributed by atoms with Gasteiger partial charge < -0.3 is 9.80 Å². The van der Waals surface area contributed by atoms with Crippen molar-refractivity contribution in [2.45, 2.75) is 20.4 Å². The highest BCUT2D eigenvalue weighted by Crippen LogP contribution is 2.24. The fraction of sp³-hybridized carbons (Fsp3) is 0.269. The van der Waals surface area contributed by atoms with E-state index < -0.39 is 0 Å². The number of nitrogens with zero attached hydrogens (tertiary/aromatic N) is 5. The third kappa shape index (κ3) is 3.85. The molecule has 174 valence electrons. The van der Waals surface area contributed by atoms with E-state index in [1.54, 1.807) is 27.8 Å². The lowest BCUT2D eigenvalue weighted by Gasteiger charge is -2.36. The summed E-state index contributed by atoms with van der Waals surface area (Å²) in [5.74, 6) is -0.403. The minimum absolute atomic E-state index is 0.0761. The van der Waals surface area contributed by atoms with Crippen molar-refractivity contribution in [3.05, 3.63) is 88.1 Å². The molecule has 1 amide bonds. The number of rotatable bonds is 4. The monoisotopic (exact) mass is 459 g/mol. The van der Waals surface area contributed by atoms with Gasteiger partial charge in [-0.2, -0.15) is 5.10 Å². The zero-order chi connectivity index (χ0) is 23.8. The summed E-state index contributed by atoms with van der Waals surface area (Å²) >= 11 is 0. The minimum atomic E-state index is -0.263. The van der Waals surface area contributed by atoms with Crippen molar-refractivity contribution in [3.63, 3.8) is 0 Å². The molecule has 0 atom stereocenters. The molecule has 2 aromatic carbocycles. The fourth-order valence-corrected chi connectivity index (χ4v) is 4.71. The molecule has 8 heteroatoms. The van der Waals surface area contributed by atoms with Gasteiger partial charge in [0.25, 0.3) is 5.56 Å². The van der Waals surface area contributed by atoms with Gasteiger partial charge >= 0.3 is 0 Å². The number of carbonyl (C=O) groups is 1. The van der Waals surface area contributed by atoms with Gasteiger partial charge in [-0.3, -0.25) is 14.2 Å². The van der Waals surface area contributed by atoms with Crippen LogP contribution in [0.5, 0.6) is 0 Å². The maximum atomic E-state index is 14.2. The van der Waals surface area contributed by atoms with Gasteiger partial charge in [0.05, 0.1) is 17.1 Å². The highest BCUT2D eigenvalue weighted by atomic mass is 19.1. The molecule has 2 aromatic heterocycles. The second kappa shape index (κ2) is 8.78. The molecule has 0 bridgehead atoms. The standard InChI is InChI=1S/C26H26FN5O2/c1-18-16-23(33)31(26-25(18)19(2)28-32(26)20-8-4-3-5-9-20)17-24(34)30-14-12-29(13-15-30)22-11-7-6-10-21(22)27/h3-11,16H,12-15,17H2,1-2H3. The first-order valence-corrected chi connectivity index (χ1v) is 11.4. The second-order valence-electron chi connectivity index (χ2n) is 8.60. The van der Waals surface area contributed by atoms with Crippen LogP contribution >= 0.6 is 0 Å². The molecule has 0 unspecified atom stereocenters. The number of hydrogen-bond donors (Lipinski definition) is 0. The van der Waals surface area contributed by atoms with Crippen LogP contribution in [0.4, 0.5) is 10.1 Å². The van der Waals surface area contributed by atoms with Crippen LogP contribution in [0, 0.1) is 19.7 Å². The van der Waals surface area contributed by atoms with Gasteiger partial charge in [-0.1, -0.05) is 30.3 Å². The lowest BCUT2D eigenvalue weighted by Crippen LogP contribution is -2.50. The molecular weight excluding hydrogens is 433 g/mol.